The van der Waals surface area contributed by atoms with Gasteiger partial charge in [-0.15, -0.1) is 0 Å². The molecule has 1 aliphatic rings. The Morgan fingerprint density at radius 1 is 1.50 bits per heavy atom. The van der Waals surface area contributed by atoms with E-state index in [1.165, 1.54) is 18.2 Å². The molecule has 1 N–H and O–H groups in total. The summed E-state index contributed by atoms with van der Waals surface area (Å²) in [6, 6.07) is 4.16. The minimum Gasteiger partial charge on any atom is -0.333 e. The number of halogens is 1. The number of benzene rings is 1. The van der Waals surface area contributed by atoms with Crippen molar-refractivity contribution in [3.63, 3.8) is 0 Å². The van der Waals surface area contributed by atoms with Crippen molar-refractivity contribution in [3.05, 3.63) is 38.9 Å². The van der Waals surface area contributed by atoms with Crippen molar-refractivity contribution in [1.82, 2.24) is 10.2 Å². The number of carbonyl (C=O) groups excluding carboxylic acids is 1. The van der Waals surface area contributed by atoms with Gasteiger partial charge in [-0.25, -0.2) is 0 Å². The van der Waals surface area contributed by atoms with Gasteiger partial charge in [0.25, 0.3) is 11.6 Å². The predicted molar refractivity (Wildman–Crippen MR) is 76.1 cm³/mol. The van der Waals surface area contributed by atoms with Crippen LogP contribution in [0.15, 0.2) is 18.2 Å². The van der Waals surface area contributed by atoms with Crippen LogP contribution in [-0.2, 0) is 0 Å². The third-order valence-corrected chi connectivity index (χ3v) is 3.48. The van der Waals surface area contributed by atoms with Crippen molar-refractivity contribution in [3.8, 4) is 0 Å². The molecule has 0 spiro atoms. The van der Waals surface area contributed by atoms with Gasteiger partial charge in [0.1, 0.15) is 0 Å². The van der Waals surface area contributed by atoms with Crippen LogP contribution in [-0.4, -0.2) is 41.4 Å². The minimum atomic E-state index is -0.544. The average molecular weight is 298 g/mol. The number of non-ortho nitro benzene ring substituents is 1. The molecule has 1 aromatic carbocycles. The van der Waals surface area contributed by atoms with Crippen LogP contribution in [0.4, 0.5) is 5.69 Å². The molecule has 1 amide bonds. The topological polar surface area (TPSA) is 75.5 Å². The predicted octanol–water partition coefficient (Wildman–Crippen LogP) is 2.07. The molecule has 0 aliphatic carbocycles. The molecule has 1 saturated heterocycles. The highest BCUT2D eigenvalue weighted by atomic mass is 35.5. The van der Waals surface area contributed by atoms with E-state index in [1.54, 1.807) is 4.90 Å². The van der Waals surface area contributed by atoms with Crippen LogP contribution in [0.25, 0.3) is 0 Å². The van der Waals surface area contributed by atoms with Gasteiger partial charge in [-0.2, -0.15) is 0 Å². The number of nitrogens with one attached hydrogen (secondary N) is 1. The van der Waals surface area contributed by atoms with Gasteiger partial charge in [0.2, 0.25) is 0 Å². The van der Waals surface area contributed by atoms with Crippen LogP contribution in [0, 0.1) is 10.1 Å². The van der Waals surface area contributed by atoms with Crippen molar-refractivity contribution in [1.29, 1.82) is 0 Å². The third-order valence-electron chi connectivity index (χ3n) is 3.27. The molecule has 0 unspecified atom stereocenters. The molecular weight excluding hydrogens is 282 g/mol. The van der Waals surface area contributed by atoms with E-state index in [0.29, 0.717) is 6.54 Å². The molecule has 1 fully saturated rings. The molecule has 108 valence electrons. The van der Waals surface area contributed by atoms with E-state index in [9.17, 15) is 14.9 Å². The Balaban J connectivity index is 2.28. The minimum absolute atomic E-state index is 0.153. The number of carbonyl (C=O) groups is 1. The SMILES string of the molecule is CCCN(C(=O)c1cc(Cl)cc([N+](=O)[O-])c1)C1CNC1. The van der Waals surface area contributed by atoms with Gasteiger partial charge in [-0.1, -0.05) is 18.5 Å². The van der Waals surface area contributed by atoms with Gasteiger partial charge in [0, 0.05) is 42.4 Å². The first kappa shape index (κ1) is 14.7. The highest BCUT2D eigenvalue weighted by Gasteiger charge is 2.29. The first-order chi connectivity index (χ1) is 9.52. The summed E-state index contributed by atoms with van der Waals surface area (Å²) in [6.45, 7) is 4.14. The average Bonchev–Trinajstić information content (AvgIpc) is 2.34. The Hall–Kier alpha value is -1.66. The quantitative estimate of drug-likeness (QED) is 0.667. The molecule has 1 heterocycles. The van der Waals surface area contributed by atoms with E-state index in [0.717, 1.165) is 19.5 Å². The molecule has 0 saturated carbocycles. The van der Waals surface area contributed by atoms with Crippen LogP contribution >= 0.6 is 11.6 Å². The van der Waals surface area contributed by atoms with E-state index < -0.39 is 4.92 Å². The maximum Gasteiger partial charge on any atom is 0.271 e. The van der Waals surface area contributed by atoms with Gasteiger partial charge in [-0.3, -0.25) is 14.9 Å². The molecule has 0 radical (unpaired) electrons. The van der Waals surface area contributed by atoms with Gasteiger partial charge in [0.05, 0.1) is 11.0 Å². The molecule has 0 atom stereocenters. The second-order valence-electron chi connectivity index (χ2n) is 4.77. The zero-order valence-corrected chi connectivity index (χ0v) is 11.9. The molecular formula is C13H16ClN3O3. The van der Waals surface area contributed by atoms with E-state index in [1.807, 2.05) is 6.92 Å². The third kappa shape index (κ3) is 3.08. The smallest absolute Gasteiger partial charge is 0.271 e. The summed E-state index contributed by atoms with van der Waals surface area (Å²) >= 11 is 5.86. The molecule has 6 nitrogen and oxygen atoms in total. The lowest BCUT2D eigenvalue weighted by Crippen LogP contribution is -2.59. The summed E-state index contributed by atoms with van der Waals surface area (Å²) < 4.78 is 0. The second kappa shape index (κ2) is 6.19. The Labute approximate surface area is 121 Å². The summed E-state index contributed by atoms with van der Waals surface area (Å²) in [5.41, 5.74) is 0.105. The Kier molecular flexibility index (Phi) is 4.57. The Morgan fingerprint density at radius 3 is 2.70 bits per heavy atom. The lowest BCUT2D eigenvalue weighted by Gasteiger charge is -2.38. The lowest BCUT2D eigenvalue weighted by molar-refractivity contribution is -0.384. The number of hydrogen-bond acceptors (Lipinski definition) is 4. The summed E-state index contributed by atoms with van der Waals surface area (Å²) in [6.07, 6.45) is 0.838. The number of amides is 1. The normalized spacial score (nSPS) is 14.7. The standard InChI is InChI=1S/C13H16ClN3O3/c1-2-3-16(12-7-15-8-12)13(18)9-4-10(14)6-11(5-9)17(19)20/h4-6,12,15H,2-3,7-8H2,1H3. The molecule has 0 aromatic heterocycles. The van der Waals surface area contributed by atoms with Crippen LogP contribution in [0.3, 0.4) is 0 Å². The zero-order valence-electron chi connectivity index (χ0n) is 11.1. The fourth-order valence-corrected chi connectivity index (χ4v) is 2.38. The van der Waals surface area contributed by atoms with Crippen molar-refractivity contribution in [2.75, 3.05) is 19.6 Å². The largest absolute Gasteiger partial charge is 0.333 e. The van der Waals surface area contributed by atoms with E-state index in [4.69, 9.17) is 11.6 Å². The van der Waals surface area contributed by atoms with Gasteiger partial charge < -0.3 is 10.2 Å². The summed E-state index contributed by atoms with van der Waals surface area (Å²) in [5.74, 6) is -0.205. The number of nitrogens with zero attached hydrogens (tertiary/aromatic N) is 2. The maximum absolute atomic E-state index is 12.5. The lowest BCUT2D eigenvalue weighted by atomic mass is 10.1. The highest BCUT2D eigenvalue weighted by molar-refractivity contribution is 6.31. The first-order valence-corrected chi connectivity index (χ1v) is 6.87. The fraction of sp³-hybridized carbons (Fsp3) is 0.462. The van der Waals surface area contributed by atoms with Crippen LogP contribution in [0.5, 0.6) is 0 Å². The number of nitro groups is 1. The molecule has 1 aliphatic heterocycles. The summed E-state index contributed by atoms with van der Waals surface area (Å²) in [5, 5.41) is 14.2. The van der Waals surface area contributed by atoms with Crippen LogP contribution in [0.1, 0.15) is 23.7 Å². The molecule has 20 heavy (non-hydrogen) atoms. The van der Waals surface area contributed by atoms with Gasteiger partial charge >= 0.3 is 0 Å². The molecule has 2 rings (SSSR count). The van der Waals surface area contributed by atoms with Crippen molar-refractivity contribution in [2.24, 2.45) is 0 Å². The zero-order chi connectivity index (χ0) is 14.7. The maximum atomic E-state index is 12.5. The Bertz CT molecular complexity index is 532. The van der Waals surface area contributed by atoms with E-state index >= 15 is 0 Å². The molecule has 1 aromatic rings. The van der Waals surface area contributed by atoms with Crippen molar-refractivity contribution >= 4 is 23.2 Å². The highest BCUT2D eigenvalue weighted by Crippen LogP contribution is 2.23. The Morgan fingerprint density at radius 2 is 2.20 bits per heavy atom. The fourth-order valence-electron chi connectivity index (χ4n) is 2.15. The number of nitro benzene ring substituents is 1. The van der Waals surface area contributed by atoms with E-state index in [-0.39, 0.29) is 28.2 Å². The second-order valence-corrected chi connectivity index (χ2v) is 5.20. The summed E-state index contributed by atoms with van der Waals surface area (Å²) in [4.78, 5) is 24.6. The number of hydrogen-bond donors (Lipinski definition) is 1. The molecule has 7 heteroatoms. The van der Waals surface area contributed by atoms with Gasteiger partial charge in [-0.05, 0) is 12.5 Å². The number of rotatable bonds is 5. The molecule has 0 bridgehead atoms. The van der Waals surface area contributed by atoms with Gasteiger partial charge in [0.15, 0.2) is 0 Å². The monoisotopic (exact) mass is 297 g/mol. The van der Waals surface area contributed by atoms with Crippen LogP contribution < -0.4 is 5.32 Å². The first-order valence-electron chi connectivity index (χ1n) is 6.49. The van der Waals surface area contributed by atoms with Crippen molar-refractivity contribution in [2.45, 2.75) is 19.4 Å². The van der Waals surface area contributed by atoms with Crippen LogP contribution in [0.2, 0.25) is 5.02 Å². The van der Waals surface area contributed by atoms with E-state index in [2.05, 4.69) is 5.32 Å². The summed E-state index contributed by atoms with van der Waals surface area (Å²) in [7, 11) is 0. The van der Waals surface area contributed by atoms with Crippen molar-refractivity contribution < 1.29 is 9.72 Å².